The van der Waals surface area contributed by atoms with Crippen LogP contribution in [0.3, 0.4) is 0 Å². The molecule has 14 heteroatoms. The molecule has 6 aromatic rings. The third-order valence-electron chi connectivity index (χ3n) is 6.18. The summed E-state index contributed by atoms with van der Waals surface area (Å²) in [4.78, 5) is 9.10. The van der Waals surface area contributed by atoms with Crippen molar-refractivity contribution in [2.24, 2.45) is 0 Å². The van der Waals surface area contributed by atoms with Crippen LogP contribution < -0.4 is 0 Å². The molecule has 6 rings (SSSR count). The van der Waals surface area contributed by atoms with Crippen molar-refractivity contribution in [1.82, 2.24) is 50.3 Å². The fourth-order valence-electron chi connectivity index (χ4n) is 3.02. The number of furan rings is 1. The van der Waals surface area contributed by atoms with Gasteiger partial charge in [-0.25, -0.2) is 4.98 Å². The summed E-state index contributed by atoms with van der Waals surface area (Å²) in [6, 6.07) is 2.47. The number of thiazole rings is 1. The van der Waals surface area contributed by atoms with Gasteiger partial charge in [0, 0.05) is 29.0 Å². The highest BCUT2D eigenvalue weighted by molar-refractivity contribution is 7.09. The molecule has 6 heterocycles. The molecule has 1 N–H and O–H groups in total. The van der Waals surface area contributed by atoms with Crippen molar-refractivity contribution in [3.8, 4) is 0 Å². The van der Waals surface area contributed by atoms with Crippen LogP contribution in [0.25, 0.3) is 0 Å². The average molecular weight is 699 g/mol. The van der Waals surface area contributed by atoms with E-state index in [1.54, 1.807) is 65.8 Å². The van der Waals surface area contributed by atoms with E-state index in [9.17, 15) is 0 Å². The zero-order valence-electron chi connectivity index (χ0n) is 30.5. The lowest BCUT2D eigenvalue weighted by atomic mass is 10.1. The SMILES string of the molecule is CC(C)c1ccoc1.CC(C)c1cn[nH]n1.CC(C)c1cnco1.CC(C)c1cncs1.CC(C)c1nncs1.CC(C)n1cnnc1. The van der Waals surface area contributed by atoms with Crippen molar-refractivity contribution >= 4 is 22.7 Å². The molecule has 0 unspecified atom stereocenters. The van der Waals surface area contributed by atoms with Crippen LogP contribution >= 0.6 is 22.7 Å². The second-order valence-electron chi connectivity index (χ2n) is 12.3. The van der Waals surface area contributed by atoms with Gasteiger partial charge in [0.2, 0.25) is 0 Å². The Balaban J connectivity index is 0.000000288. The van der Waals surface area contributed by atoms with E-state index < -0.39 is 0 Å². The number of rotatable bonds is 6. The van der Waals surface area contributed by atoms with Crippen molar-refractivity contribution < 1.29 is 8.83 Å². The first kappa shape index (κ1) is 42.0. The molecule has 48 heavy (non-hydrogen) atoms. The molecule has 264 valence electrons. The minimum Gasteiger partial charge on any atom is -0.472 e. The molecule has 12 nitrogen and oxygen atoms in total. The first-order valence-corrected chi connectivity index (χ1v) is 17.8. The van der Waals surface area contributed by atoms with Gasteiger partial charge < -0.3 is 13.4 Å². The number of oxazole rings is 1. The zero-order chi connectivity index (χ0) is 35.9. The van der Waals surface area contributed by atoms with Crippen molar-refractivity contribution in [3.05, 3.63) is 94.2 Å². The molecule has 0 spiro atoms. The summed E-state index contributed by atoms with van der Waals surface area (Å²) in [5.74, 6) is 3.65. The van der Waals surface area contributed by atoms with Crippen LogP contribution in [0, 0.1) is 0 Å². The number of H-pyrrole nitrogens is 1. The quantitative estimate of drug-likeness (QED) is 0.178. The summed E-state index contributed by atoms with van der Waals surface area (Å²) in [6.07, 6.45) is 13.8. The van der Waals surface area contributed by atoms with Crippen LogP contribution in [-0.4, -0.2) is 50.3 Å². The molecule has 0 atom stereocenters. The average Bonchev–Trinajstić information content (AvgIpc) is 3.91. The summed E-state index contributed by atoms with van der Waals surface area (Å²) in [6.45, 7) is 25.3. The third-order valence-corrected chi connectivity index (χ3v) is 8.25. The van der Waals surface area contributed by atoms with Gasteiger partial charge >= 0.3 is 0 Å². The molecule has 0 bridgehead atoms. The molecule has 0 aliphatic carbocycles. The van der Waals surface area contributed by atoms with Gasteiger partial charge in [-0.3, -0.25) is 4.98 Å². The summed E-state index contributed by atoms with van der Waals surface area (Å²) < 4.78 is 11.8. The molecule has 0 aliphatic heterocycles. The Bertz CT molecular complexity index is 1170. The summed E-state index contributed by atoms with van der Waals surface area (Å²) in [7, 11) is 0. The van der Waals surface area contributed by atoms with Crippen molar-refractivity contribution in [2.45, 2.75) is 119 Å². The first-order valence-electron chi connectivity index (χ1n) is 16.1. The van der Waals surface area contributed by atoms with E-state index in [0.717, 1.165) is 16.5 Å². The largest absolute Gasteiger partial charge is 0.472 e. The van der Waals surface area contributed by atoms with Gasteiger partial charge in [0.1, 0.15) is 28.9 Å². The molecule has 0 fully saturated rings. The summed E-state index contributed by atoms with van der Waals surface area (Å²) in [5, 5.41) is 26.1. The van der Waals surface area contributed by atoms with E-state index in [1.807, 2.05) is 22.3 Å². The number of nitrogens with zero attached hydrogens (tertiary/aromatic N) is 9. The van der Waals surface area contributed by atoms with Crippen LogP contribution in [0.15, 0.2) is 76.1 Å². The van der Waals surface area contributed by atoms with Gasteiger partial charge in [0.25, 0.3) is 0 Å². The normalized spacial score (nSPS) is 10.4. The van der Waals surface area contributed by atoms with Crippen LogP contribution in [0.1, 0.15) is 146 Å². The van der Waals surface area contributed by atoms with E-state index in [0.29, 0.717) is 35.6 Å². The molecule has 0 amide bonds. The molecular formula is C34H54N10O2S2. The lowest BCUT2D eigenvalue weighted by Crippen LogP contribution is -1.95. The molecule has 0 saturated heterocycles. The van der Waals surface area contributed by atoms with E-state index in [2.05, 4.69) is 129 Å². The second kappa shape index (κ2) is 24.2. The predicted molar refractivity (Wildman–Crippen MR) is 194 cm³/mol. The van der Waals surface area contributed by atoms with Crippen molar-refractivity contribution in [3.63, 3.8) is 0 Å². The lowest BCUT2D eigenvalue weighted by Gasteiger charge is -2.01. The highest BCUT2D eigenvalue weighted by Crippen LogP contribution is 2.17. The number of aromatic nitrogens is 10. The Kier molecular flexibility index (Phi) is 21.1. The predicted octanol–water partition coefficient (Wildman–Crippen LogP) is 9.92. The second-order valence-corrected chi connectivity index (χ2v) is 14.1. The molecule has 0 aromatic carbocycles. The fourth-order valence-corrected chi connectivity index (χ4v) is 4.23. The maximum Gasteiger partial charge on any atom is 0.180 e. The minimum absolute atomic E-state index is 0.456. The van der Waals surface area contributed by atoms with Gasteiger partial charge in [-0.1, -0.05) is 69.2 Å². The van der Waals surface area contributed by atoms with Crippen LogP contribution in [0.4, 0.5) is 0 Å². The maximum absolute atomic E-state index is 4.98. The Morgan fingerprint density at radius 1 is 0.708 bits per heavy atom. The smallest absolute Gasteiger partial charge is 0.180 e. The van der Waals surface area contributed by atoms with E-state index in [1.165, 1.54) is 16.8 Å². The van der Waals surface area contributed by atoms with E-state index >= 15 is 0 Å². The molecule has 0 aliphatic rings. The Hall–Kier alpha value is -4.04. The standard InChI is InChI=1S/C7H10O.C6H9NO.C6H9NS.2C5H9N3.C5H8N2S/c1-6(2)7-3-4-8-5-7;2*1-5(2)6-3-7-4-8-6;1-5(2)8-3-6-7-4-8;1-4(2)5-3-6-8-7-5;1-4(2)5-7-6-3-8-5/h3-6H,1-2H3;3*3-5H,1-2H3;3-4H,1-2H3,(H,6,7,8);3-4H,1-2H3. The highest BCUT2D eigenvalue weighted by Gasteiger charge is 2.01. The monoisotopic (exact) mass is 698 g/mol. The van der Waals surface area contributed by atoms with E-state index in [-0.39, 0.29) is 0 Å². The number of hydrogen-bond donors (Lipinski definition) is 1. The maximum atomic E-state index is 4.98. The number of nitrogens with one attached hydrogen (secondary N) is 1. The fraction of sp³-hybridized carbons (Fsp3) is 0.529. The number of hydrogen-bond acceptors (Lipinski definition) is 12. The first-order chi connectivity index (χ1) is 22.8. The minimum atomic E-state index is 0.456. The van der Waals surface area contributed by atoms with Gasteiger partial charge in [-0.2, -0.15) is 15.4 Å². The van der Waals surface area contributed by atoms with Gasteiger partial charge in [0.05, 0.1) is 36.1 Å². The third kappa shape index (κ3) is 18.3. The molecule has 0 radical (unpaired) electrons. The van der Waals surface area contributed by atoms with Crippen molar-refractivity contribution in [1.29, 1.82) is 0 Å². The summed E-state index contributed by atoms with van der Waals surface area (Å²) in [5.41, 5.74) is 5.92. The van der Waals surface area contributed by atoms with Gasteiger partial charge in [-0.05, 0) is 43.2 Å². The highest BCUT2D eigenvalue weighted by atomic mass is 32.1. The molecule has 6 aromatic heterocycles. The number of aromatic amines is 1. The van der Waals surface area contributed by atoms with Crippen molar-refractivity contribution in [2.75, 3.05) is 0 Å². The van der Waals surface area contributed by atoms with Gasteiger partial charge in [0.15, 0.2) is 6.39 Å². The van der Waals surface area contributed by atoms with Gasteiger partial charge in [-0.15, -0.1) is 43.1 Å². The Labute approximate surface area is 293 Å². The van der Waals surface area contributed by atoms with Crippen LogP contribution in [0.2, 0.25) is 0 Å². The topological polar surface area (TPSA) is 150 Å². The zero-order valence-corrected chi connectivity index (χ0v) is 32.1. The van der Waals surface area contributed by atoms with Crippen LogP contribution in [0.5, 0.6) is 0 Å². The Morgan fingerprint density at radius 2 is 1.42 bits per heavy atom. The Morgan fingerprint density at radius 3 is 1.67 bits per heavy atom. The molecular weight excluding hydrogens is 645 g/mol. The van der Waals surface area contributed by atoms with E-state index in [4.69, 9.17) is 8.83 Å². The van der Waals surface area contributed by atoms with Crippen LogP contribution in [-0.2, 0) is 0 Å². The molecule has 0 saturated carbocycles. The summed E-state index contributed by atoms with van der Waals surface area (Å²) >= 11 is 3.33. The lowest BCUT2D eigenvalue weighted by molar-refractivity contribution is 0.482.